The summed E-state index contributed by atoms with van der Waals surface area (Å²) in [6, 6.07) is 4.44. The zero-order valence-electron chi connectivity index (χ0n) is 12.3. The van der Waals surface area contributed by atoms with Crippen molar-refractivity contribution in [2.45, 2.75) is 26.0 Å². The maximum Gasteiger partial charge on any atom is 0.229 e. The van der Waals surface area contributed by atoms with Gasteiger partial charge in [0.1, 0.15) is 24.2 Å². The van der Waals surface area contributed by atoms with Gasteiger partial charge in [0, 0.05) is 18.7 Å². The molecule has 0 heterocycles. The standard InChI is InChI=1S/C13H22N2O5S/c1-9(2)14-7-10(16)8-20-11-4-5-13(17)12(6-11)15-21(3,18)19/h4-6,9-10,14-17H,7-8H2,1-3H3. The molecule has 7 nitrogen and oxygen atoms in total. The maximum atomic E-state index is 11.2. The Labute approximate surface area is 125 Å². The summed E-state index contributed by atoms with van der Waals surface area (Å²) in [5.74, 6) is 0.150. The number of phenols is 1. The van der Waals surface area contributed by atoms with Crippen LogP contribution in [-0.2, 0) is 10.0 Å². The van der Waals surface area contributed by atoms with E-state index >= 15 is 0 Å². The Morgan fingerprint density at radius 3 is 2.57 bits per heavy atom. The van der Waals surface area contributed by atoms with Crippen LogP contribution in [0.2, 0.25) is 0 Å². The molecule has 1 unspecified atom stereocenters. The third-order valence-electron chi connectivity index (χ3n) is 2.47. The van der Waals surface area contributed by atoms with Gasteiger partial charge >= 0.3 is 0 Å². The number of anilines is 1. The average Bonchev–Trinajstić information content (AvgIpc) is 2.35. The van der Waals surface area contributed by atoms with Crippen LogP contribution >= 0.6 is 0 Å². The van der Waals surface area contributed by atoms with E-state index in [9.17, 15) is 18.6 Å². The average molecular weight is 318 g/mol. The van der Waals surface area contributed by atoms with Crippen LogP contribution in [0.25, 0.3) is 0 Å². The van der Waals surface area contributed by atoms with Crippen molar-refractivity contribution >= 4 is 15.7 Å². The van der Waals surface area contributed by atoms with Gasteiger partial charge in [-0.3, -0.25) is 4.72 Å². The predicted molar refractivity (Wildman–Crippen MR) is 81.2 cm³/mol. The predicted octanol–water partition coefficient (Wildman–Crippen LogP) is 0.501. The minimum Gasteiger partial charge on any atom is -0.506 e. The maximum absolute atomic E-state index is 11.2. The highest BCUT2D eigenvalue weighted by molar-refractivity contribution is 7.92. The van der Waals surface area contributed by atoms with Crippen molar-refractivity contribution in [3.63, 3.8) is 0 Å². The molecule has 0 aromatic heterocycles. The lowest BCUT2D eigenvalue weighted by Crippen LogP contribution is -2.35. The first-order valence-corrected chi connectivity index (χ1v) is 8.41. The van der Waals surface area contributed by atoms with Crippen LogP contribution in [0.3, 0.4) is 0 Å². The lowest BCUT2D eigenvalue weighted by molar-refractivity contribution is 0.104. The largest absolute Gasteiger partial charge is 0.506 e. The summed E-state index contributed by atoms with van der Waals surface area (Å²) in [7, 11) is -3.49. The number of benzene rings is 1. The summed E-state index contributed by atoms with van der Waals surface area (Å²) < 4.78 is 29.9. The number of hydrogen-bond donors (Lipinski definition) is 4. The molecule has 4 N–H and O–H groups in total. The highest BCUT2D eigenvalue weighted by Crippen LogP contribution is 2.28. The lowest BCUT2D eigenvalue weighted by Gasteiger charge is -2.15. The molecule has 1 aromatic carbocycles. The van der Waals surface area contributed by atoms with Gasteiger partial charge in [0.2, 0.25) is 10.0 Å². The molecule has 0 aliphatic carbocycles. The van der Waals surface area contributed by atoms with E-state index in [0.717, 1.165) is 6.26 Å². The molecule has 0 bridgehead atoms. The molecule has 0 aliphatic heterocycles. The van der Waals surface area contributed by atoms with Crippen molar-refractivity contribution in [2.24, 2.45) is 0 Å². The first kappa shape index (κ1) is 17.5. The number of nitrogens with one attached hydrogen (secondary N) is 2. The molecule has 0 fully saturated rings. The van der Waals surface area contributed by atoms with Crippen molar-refractivity contribution in [1.29, 1.82) is 0 Å². The highest BCUT2D eigenvalue weighted by atomic mass is 32.2. The molecule has 1 aromatic rings. The Morgan fingerprint density at radius 1 is 1.33 bits per heavy atom. The van der Waals surface area contributed by atoms with Gasteiger partial charge in [0.25, 0.3) is 0 Å². The van der Waals surface area contributed by atoms with E-state index in [1.807, 2.05) is 13.8 Å². The van der Waals surface area contributed by atoms with Crippen LogP contribution in [0, 0.1) is 0 Å². The number of aliphatic hydroxyl groups excluding tert-OH is 1. The van der Waals surface area contributed by atoms with Crippen LogP contribution in [-0.4, -0.2) is 50.2 Å². The van der Waals surface area contributed by atoms with Gasteiger partial charge in [-0.1, -0.05) is 13.8 Å². The lowest BCUT2D eigenvalue weighted by atomic mass is 10.3. The van der Waals surface area contributed by atoms with E-state index in [1.54, 1.807) is 0 Å². The van der Waals surface area contributed by atoms with Crippen LogP contribution < -0.4 is 14.8 Å². The summed E-state index contributed by atoms with van der Waals surface area (Å²) in [6.45, 7) is 4.39. The van der Waals surface area contributed by atoms with E-state index in [0.29, 0.717) is 12.3 Å². The van der Waals surface area contributed by atoms with Crippen molar-refractivity contribution in [1.82, 2.24) is 5.32 Å². The minimum atomic E-state index is -3.49. The van der Waals surface area contributed by atoms with E-state index in [4.69, 9.17) is 4.74 Å². The summed E-state index contributed by atoms with van der Waals surface area (Å²) in [6.07, 6.45) is 0.300. The van der Waals surface area contributed by atoms with Crippen molar-refractivity contribution in [3.8, 4) is 11.5 Å². The zero-order chi connectivity index (χ0) is 16.0. The topological polar surface area (TPSA) is 108 Å². The number of sulfonamides is 1. The number of phenolic OH excluding ortho intramolecular Hbond substituents is 1. The summed E-state index contributed by atoms with van der Waals surface area (Å²) >= 11 is 0. The normalized spacial score (nSPS) is 13.2. The fourth-order valence-corrected chi connectivity index (χ4v) is 2.07. The second kappa shape index (κ2) is 7.48. The van der Waals surface area contributed by atoms with Crippen LogP contribution in [0.4, 0.5) is 5.69 Å². The summed E-state index contributed by atoms with van der Waals surface area (Å²) in [5.41, 5.74) is 0.0322. The molecule has 0 saturated heterocycles. The molecule has 1 rings (SSSR count). The minimum absolute atomic E-state index is 0.0322. The van der Waals surface area contributed by atoms with Crippen molar-refractivity contribution < 1.29 is 23.4 Å². The van der Waals surface area contributed by atoms with Crippen molar-refractivity contribution in [3.05, 3.63) is 18.2 Å². The SMILES string of the molecule is CC(C)NCC(O)COc1ccc(O)c(NS(C)(=O)=O)c1. The highest BCUT2D eigenvalue weighted by Gasteiger charge is 2.10. The van der Waals surface area contributed by atoms with Crippen LogP contribution in [0.15, 0.2) is 18.2 Å². The van der Waals surface area contributed by atoms with Gasteiger partial charge in [0.05, 0.1) is 11.9 Å². The molecule has 0 amide bonds. The fourth-order valence-electron chi connectivity index (χ4n) is 1.51. The number of hydrogen-bond acceptors (Lipinski definition) is 6. The van der Waals surface area contributed by atoms with Crippen LogP contribution in [0.1, 0.15) is 13.8 Å². The summed E-state index contributed by atoms with van der Waals surface area (Å²) in [4.78, 5) is 0. The monoisotopic (exact) mass is 318 g/mol. The Morgan fingerprint density at radius 2 is 2.00 bits per heavy atom. The molecule has 0 saturated carbocycles. The van der Waals surface area contributed by atoms with Crippen LogP contribution in [0.5, 0.6) is 11.5 Å². The van der Waals surface area contributed by atoms with E-state index < -0.39 is 16.1 Å². The molecule has 8 heteroatoms. The third-order valence-corrected chi connectivity index (χ3v) is 3.06. The first-order chi connectivity index (χ1) is 9.67. The molecule has 0 radical (unpaired) electrons. The molecular formula is C13H22N2O5S. The number of aromatic hydroxyl groups is 1. The smallest absolute Gasteiger partial charge is 0.229 e. The fraction of sp³-hybridized carbons (Fsp3) is 0.538. The third kappa shape index (κ3) is 7.16. The Balaban J connectivity index is 2.62. The second-order valence-corrected chi connectivity index (χ2v) is 6.83. The Bertz CT molecular complexity index is 560. The summed E-state index contributed by atoms with van der Waals surface area (Å²) in [5, 5.41) is 22.4. The Hall–Kier alpha value is -1.51. The Kier molecular flexibility index (Phi) is 6.25. The zero-order valence-corrected chi connectivity index (χ0v) is 13.1. The van der Waals surface area contributed by atoms with Gasteiger partial charge in [-0.05, 0) is 12.1 Å². The van der Waals surface area contributed by atoms with E-state index in [-0.39, 0.29) is 24.1 Å². The molecule has 1 atom stereocenters. The van der Waals surface area contributed by atoms with Gasteiger partial charge in [-0.15, -0.1) is 0 Å². The quantitative estimate of drug-likeness (QED) is 0.520. The van der Waals surface area contributed by atoms with Gasteiger partial charge in [0.15, 0.2) is 0 Å². The van der Waals surface area contributed by atoms with Gasteiger partial charge < -0.3 is 20.3 Å². The number of rotatable bonds is 8. The number of ether oxygens (including phenoxy) is 1. The van der Waals surface area contributed by atoms with Gasteiger partial charge in [-0.2, -0.15) is 0 Å². The second-order valence-electron chi connectivity index (χ2n) is 5.08. The van der Waals surface area contributed by atoms with Crippen molar-refractivity contribution in [2.75, 3.05) is 24.1 Å². The number of aliphatic hydroxyl groups is 1. The van der Waals surface area contributed by atoms with E-state index in [2.05, 4.69) is 10.0 Å². The van der Waals surface area contributed by atoms with Gasteiger partial charge in [-0.25, -0.2) is 8.42 Å². The molecule has 0 spiro atoms. The van der Waals surface area contributed by atoms with E-state index in [1.165, 1.54) is 18.2 Å². The molecule has 0 aliphatic rings. The first-order valence-electron chi connectivity index (χ1n) is 6.52. The molecule has 120 valence electrons. The molecule has 21 heavy (non-hydrogen) atoms. The molecular weight excluding hydrogens is 296 g/mol.